The number of benzene rings is 1. The zero-order valence-electron chi connectivity index (χ0n) is 9.04. The molecule has 3 nitrogen and oxygen atoms in total. The minimum atomic E-state index is -4.55. The van der Waals surface area contributed by atoms with Gasteiger partial charge < -0.3 is 0 Å². The molecule has 0 aliphatic heterocycles. The molecule has 1 heterocycles. The Bertz CT molecular complexity index is 623. The number of alkyl halides is 3. The number of esters is 1. The van der Waals surface area contributed by atoms with Crippen LogP contribution in [-0.2, 0) is 10.9 Å². The van der Waals surface area contributed by atoms with E-state index in [2.05, 4.69) is 9.72 Å². The fraction of sp³-hybridized carbons (Fsp3) is 0.200. The number of halogens is 3. The van der Waals surface area contributed by atoms with E-state index in [4.69, 9.17) is 0 Å². The first kappa shape index (κ1) is 13.4. The second kappa shape index (κ2) is 4.55. The molecule has 0 N–H and O–H groups in total. The summed E-state index contributed by atoms with van der Waals surface area (Å²) in [5.74, 6) is -0.793. The van der Waals surface area contributed by atoms with E-state index in [1.165, 1.54) is 6.07 Å². The van der Waals surface area contributed by atoms with Crippen molar-refractivity contribution in [3.63, 3.8) is 0 Å². The Kier molecular flexibility index (Phi) is 3.38. The van der Waals surface area contributed by atoms with Gasteiger partial charge in [-0.15, -0.1) is 0 Å². The number of rotatable bonds is 1. The molecule has 0 bridgehead atoms. The van der Waals surface area contributed by atoms with Crippen molar-refractivity contribution < 1.29 is 22.7 Å². The van der Waals surface area contributed by atoms with Gasteiger partial charge in [-0.1, -0.05) is 0 Å². The number of fused-ring (bicyclic) bond motifs is 1. The molecule has 96 valence electrons. The van der Waals surface area contributed by atoms with Crippen LogP contribution in [0.4, 0.5) is 13.2 Å². The van der Waals surface area contributed by atoms with Crippen LogP contribution < -0.4 is 3.80 Å². The average Bonchev–Trinajstić information content (AvgIpc) is 2.65. The van der Waals surface area contributed by atoms with Crippen LogP contribution in [0.25, 0.3) is 10.2 Å². The van der Waals surface area contributed by atoms with E-state index in [-0.39, 0.29) is 11.1 Å². The molecule has 0 saturated heterocycles. The predicted molar refractivity (Wildman–Crippen MR) is 64.1 cm³/mol. The standard InChI is InChI=1S/C10H7AsF3NO2S/c1-17-8(16)4-2-5(10(12,13)14)7-6(3-4)18-9(11)15-7/h2-3H,11H2,1H3. The maximum absolute atomic E-state index is 12.9. The van der Waals surface area contributed by atoms with Crippen molar-refractivity contribution in [3.05, 3.63) is 23.3 Å². The number of aromatic nitrogens is 1. The van der Waals surface area contributed by atoms with Crippen molar-refractivity contribution in [3.8, 4) is 0 Å². The molecule has 2 aromatic rings. The van der Waals surface area contributed by atoms with Crippen LogP contribution >= 0.6 is 11.3 Å². The molecule has 2 rings (SSSR count). The first-order valence-electron chi connectivity index (χ1n) is 4.68. The van der Waals surface area contributed by atoms with E-state index in [0.29, 0.717) is 8.50 Å². The van der Waals surface area contributed by atoms with Crippen LogP contribution in [0.2, 0.25) is 0 Å². The molecule has 8 heteroatoms. The summed E-state index contributed by atoms with van der Waals surface area (Å²) in [5, 5.41) is 0. The van der Waals surface area contributed by atoms with E-state index in [0.717, 1.165) is 41.4 Å². The Balaban J connectivity index is 2.76. The van der Waals surface area contributed by atoms with Gasteiger partial charge in [0.05, 0.1) is 0 Å². The molecule has 0 fully saturated rings. The Labute approximate surface area is 112 Å². The van der Waals surface area contributed by atoms with Gasteiger partial charge in [-0.25, -0.2) is 0 Å². The van der Waals surface area contributed by atoms with Gasteiger partial charge in [0.2, 0.25) is 0 Å². The van der Waals surface area contributed by atoms with Crippen molar-refractivity contribution >= 4 is 48.2 Å². The number of carbonyl (C=O) groups excluding carboxylic acids is 1. The van der Waals surface area contributed by atoms with Crippen molar-refractivity contribution in [2.75, 3.05) is 7.11 Å². The van der Waals surface area contributed by atoms with Crippen molar-refractivity contribution in [1.82, 2.24) is 4.98 Å². The van der Waals surface area contributed by atoms with E-state index in [9.17, 15) is 18.0 Å². The summed E-state index contributed by atoms with van der Waals surface area (Å²) in [6, 6.07) is 2.15. The summed E-state index contributed by atoms with van der Waals surface area (Å²) >= 11 is 2.28. The summed E-state index contributed by atoms with van der Waals surface area (Å²) in [6.45, 7) is 0. The van der Waals surface area contributed by atoms with Gasteiger partial charge in [0.25, 0.3) is 0 Å². The number of methoxy groups -OCH3 is 1. The number of nitrogens with zero attached hydrogens (tertiary/aromatic N) is 1. The molecular weight excluding hydrogens is 330 g/mol. The molecule has 0 saturated carbocycles. The predicted octanol–water partition coefficient (Wildman–Crippen LogP) is 1.36. The molecule has 0 spiro atoms. The molecule has 1 unspecified atom stereocenters. The summed E-state index contributed by atoms with van der Waals surface area (Å²) in [5.41, 5.74) is -1.13. The number of hydrogen-bond acceptors (Lipinski definition) is 4. The first-order valence-corrected chi connectivity index (χ1v) is 6.71. The monoisotopic (exact) mass is 337 g/mol. The fourth-order valence-electron chi connectivity index (χ4n) is 1.50. The summed E-state index contributed by atoms with van der Waals surface area (Å²) in [7, 11) is 1.13. The molecule has 1 atom stereocenters. The van der Waals surface area contributed by atoms with Gasteiger partial charge in [-0.2, -0.15) is 0 Å². The summed E-state index contributed by atoms with van der Waals surface area (Å²) < 4.78 is 44.0. The number of carbonyl (C=O) groups is 1. The second-order valence-electron chi connectivity index (χ2n) is 3.41. The molecule has 1 aromatic heterocycles. The quantitative estimate of drug-likeness (QED) is 0.583. The molecule has 1 aromatic carbocycles. The Hall–Kier alpha value is -1.07. The Morgan fingerprint density at radius 3 is 2.67 bits per heavy atom. The zero-order valence-corrected chi connectivity index (χ0v) is 12.3. The van der Waals surface area contributed by atoms with E-state index in [1.807, 2.05) is 0 Å². The van der Waals surface area contributed by atoms with Gasteiger partial charge in [0.1, 0.15) is 0 Å². The molecule has 0 aliphatic rings. The van der Waals surface area contributed by atoms with Crippen LogP contribution in [0.1, 0.15) is 15.9 Å². The van der Waals surface area contributed by atoms with E-state index in [1.54, 1.807) is 0 Å². The van der Waals surface area contributed by atoms with Crippen molar-refractivity contribution in [2.45, 2.75) is 6.18 Å². The summed E-state index contributed by atoms with van der Waals surface area (Å²) in [4.78, 5) is 15.2. The van der Waals surface area contributed by atoms with Gasteiger partial charge >= 0.3 is 112 Å². The van der Waals surface area contributed by atoms with Gasteiger partial charge in [0.15, 0.2) is 0 Å². The van der Waals surface area contributed by atoms with Crippen LogP contribution in [-0.4, -0.2) is 34.9 Å². The number of hydrogen-bond donors (Lipinski definition) is 0. The number of thiazole rings is 1. The molecular formula is C10H7AsF3NO2S. The first-order chi connectivity index (χ1) is 8.32. The third kappa shape index (κ3) is 2.37. The maximum atomic E-state index is 12.9. The van der Waals surface area contributed by atoms with Crippen LogP contribution in [0.3, 0.4) is 0 Å². The minimum absolute atomic E-state index is 0.112. The van der Waals surface area contributed by atoms with Crippen molar-refractivity contribution in [2.24, 2.45) is 0 Å². The Morgan fingerprint density at radius 2 is 2.11 bits per heavy atom. The summed E-state index contributed by atoms with van der Waals surface area (Å²) in [6.07, 6.45) is -4.55. The van der Waals surface area contributed by atoms with Crippen LogP contribution in [0, 0.1) is 0 Å². The van der Waals surface area contributed by atoms with Crippen LogP contribution in [0.15, 0.2) is 12.1 Å². The SMILES string of the molecule is COC(=O)c1cc(C(F)(F)F)c2nc([AsH2])sc2c1. The topological polar surface area (TPSA) is 39.2 Å². The average molecular weight is 337 g/mol. The van der Waals surface area contributed by atoms with E-state index < -0.39 is 17.7 Å². The van der Waals surface area contributed by atoms with Gasteiger partial charge in [-0.05, 0) is 0 Å². The van der Waals surface area contributed by atoms with Gasteiger partial charge in [0, 0.05) is 0 Å². The Morgan fingerprint density at radius 1 is 1.44 bits per heavy atom. The second-order valence-corrected chi connectivity index (χ2v) is 6.50. The molecule has 18 heavy (non-hydrogen) atoms. The molecule has 0 aliphatic carbocycles. The normalized spacial score (nSPS) is 11.8. The van der Waals surface area contributed by atoms with Crippen molar-refractivity contribution in [1.29, 1.82) is 0 Å². The molecule has 0 radical (unpaired) electrons. The van der Waals surface area contributed by atoms with Gasteiger partial charge in [-0.3, -0.25) is 0 Å². The third-order valence-electron chi connectivity index (χ3n) is 2.24. The zero-order chi connectivity index (χ0) is 13.5. The third-order valence-corrected chi connectivity index (χ3v) is 4.08. The fourth-order valence-corrected chi connectivity index (χ4v) is 3.37. The van der Waals surface area contributed by atoms with Crippen LogP contribution in [0.5, 0.6) is 0 Å². The van der Waals surface area contributed by atoms with E-state index >= 15 is 0 Å². The number of ether oxygens (including phenoxy) is 1. The molecule has 0 amide bonds.